The van der Waals surface area contributed by atoms with E-state index >= 15 is 0 Å². The third-order valence-electron chi connectivity index (χ3n) is 3.72. The number of sulfone groups is 1. The first-order valence-electron chi connectivity index (χ1n) is 8.46. The van der Waals surface area contributed by atoms with Crippen molar-refractivity contribution in [1.82, 2.24) is 0 Å². The molecule has 1 N–H and O–H groups in total. The first kappa shape index (κ1) is 19.4. The van der Waals surface area contributed by atoms with Crippen LogP contribution >= 0.6 is 0 Å². The molecule has 0 bridgehead atoms. The summed E-state index contributed by atoms with van der Waals surface area (Å²) in [5, 5.41) is 2.62. The molecule has 28 heavy (non-hydrogen) atoms. The Kier molecular flexibility index (Phi) is 5.96. The van der Waals surface area contributed by atoms with Crippen LogP contribution in [-0.2, 0) is 14.6 Å². The van der Waals surface area contributed by atoms with E-state index < -0.39 is 15.7 Å². The Morgan fingerprint density at radius 2 is 1.50 bits per heavy atom. The van der Waals surface area contributed by atoms with Crippen LogP contribution in [0.4, 0.5) is 5.69 Å². The second-order valence-corrected chi connectivity index (χ2v) is 8.04. The molecule has 0 unspecified atom stereocenters. The smallest absolute Gasteiger partial charge is 0.262 e. The van der Waals surface area contributed by atoms with Crippen LogP contribution in [0.1, 0.15) is 0 Å². The Morgan fingerprint density at radius 1 is 0.857 bits per heavy atom. The molecule has 0 saturated carbocycles. The minimum Gasteiger partial charge on any atom is -0.484 e. The SMILES string of the molecule is CS(=O)(=O)c1cccc(NC(=O)COc2ccc(Oc3ccccc3)cc2)c1. The molecule has 0 aliphatic rings. The van der Waals surface area contributed by atoms with Gasteiger partial charge < -0.3 is 14.8 Å². The van der Waals surface area contributed by atoms with E-state index in [4.69, 9.17) is 9.47 Å². The summed E-state index contributed by atoms with van der Waals surface area (Å²) in [5.74, 6) is 1.50. The highest BCUT2D eigenvalue weighted by Gasteiger charge is 2.09. The number of carbonyl (C=O) groups excluding carboxylic acids is 1. The second-order valence-electron chi connectivity index (χ2n) is 6.02. The van der Waals surface area contributed by atoms with Gasteiger partial charge in [0, 0.05) is 11.9 Å². The number of rotatable bonds is 7. The summed E-state index contributed by atoms with van der Waals surface area (Å²) in [6.45, 7) is -0.206. The molecule has 0 atom stereocenters. The number of anilines is 1. The van der Waals surface area contributed by atoms with Gasteiger partial charge >= 0.3 is 0 Å². The van der Waals surface area contributed by atoms with Gasteiger partial charge in [-0.15, -0.1) is 0 Å². The topological polar surface area (TPSA) is 81.7 Å². The number of hydrogen-bond donors (Lipinski definition) is 1. The predicted octanol–water partition coefficient (Wildman–Crippen LogP) is 3.90. The van der Waals surface area contributed by atoms with E-state index in [2.05, 4.69) is 5.32 Å². The zero-order valence-electron chi connectivity index (χ0n) is 15.2. The number of nitrogens with one attached hydrogen (secondary N) is 1. The molecule has 6 nitrogen and oxygen atoms in total. The first-order valence-corrected chi connectivity index (χ1v) is 10.3. The predicted molar refractivity (Wildman–Crippen MR) is 107 cm³/mol. The third kappa shape index (κ3) is 5.59. The third-order valence-corrected chi connectivity index (χ3v) is 4.83. The molecule has 0 aromatic heterocycles. The maximum Gasteiger partial charge on any atom is 0.262 e. The van der Waals surface area contributed by atoms with Crippen LogP contribution < -0.4 is 14.8 Å². The van der Waals surface area contributed by atoms with Gasteiger partial charge in [0.15, 0.2) is 16.4 Å². The molecule has 0 aliphatic carbocycles. The van der Waals surface area contributed by atoms with E-state index in [1.54, 1.807) is 36.4 Å². The molecule has 144 valence electrons. The standard InChI is InChI=1S/C21H19NO5S/c1-28(24,25)20-9-5-6-16(14-20)22-21(23)15-26-17-10-12-19(13-11-17)27-18-7-3-2-4-8-18/h2-14H,15H2,1H3,(H,22,23). The summed E-state index contributed by atoms with van der Waals surface area (Å²) in [6.07, 6.45) is 1.11. The van der Waals surface area contributed by atoms with Crippen LogP contribution in [0.25, 0.3) is 0 Å². The molecule has 3 aromatic rings. The van der Waals surface area contributed by atoms with Crippen molar-refractivity contribution >= 4 is 21.4 Å². The lowest BCUT2D eigenvalue weighted by Gasteiger charge is -2.09. The number of amides is 1. The number of ether oxygens (including phenoxy) is 2. The van der Waals surface area contributed by atoms with Crippen molar-refractivity contribution < 1.29 is 22.7 Å². The monoisotopic (exact) mass is 397 g/mol. The highest BCUT2D eigenvalue weighted by atomic mass is 32.2. The summed E-state index contributed by atoms with van der Waals surface area (Å²) in [7, 11) is -3.34. The highest BCUT2D eigenvalue weighted by Crippen LogP contribution is 2.23. The average molecular weight is 397 g/mol. The molecule has 3 aromatic carbocycles. The number of hydrogen-bond acceptors (Lipinski definition) is 5. The molecule has 1 amide bonds. The van der Waals surface area contributed by atoms with Gasteiger partial charge in [-0.25, -0.2) is 8.42 Å². The average Bonchev–Trinajstić information content (AvgIpc) is 2.68. The van der Waals surface area contributed by atoms with E-state index in [9.17, 15) is 13.2 Å². The fourth-order valence-corrected chi connectivity index (χ4v) is 3.05. The van der Waals surface area contributed by atoms with E-state index in [-0.39, 0.29) is 11.5 Å². The summed E-state index contributed by atoms with van der Waals surface area (Å²) >= 11 is 0. The molecule has 0 spiro atoms. The van der Waals surface area contributed by atoms with E-state index in [0.717, 1.165) is 12.0 Å². The van der Waals surface area contributed by atoms with Gasteiger partial charge in [0.1, 0.15) is 17.2 Å². The molecule has 7 heteroatoms. The van der Waals surface area contributed by atoms with Gasteiger partial charge in [-0.1, -0.05) is 24.3 Å². The molecule has 0 heterocycles. The van der Waals surface area contributed by atoms with Gasteiger partial charge in [0.05, 0.1) is 4.90 Å². The molecule has 0 aliphatic heterocycles. The maximum atomic E-state index is 12.0. The zero-order valence-corrected chi connectivity index (χ0v) is 16.0. The number of benzene rings is 3. The first-order chi connectivity index (χ1) is 13.4. The van der Waals surface area contributed by atoms with E-state index in [1.165, 1.54) is 12.1 Å². The van der Waals surface area contributed by atoms with Crippen LogP contribution in [0.2, 0.25) is 0 Å². The quantitative estimate of drug-likeness (QED) is 0.654. The summed E-state index contributed by atoms with van der Waals surface area (Å²) in [6, 6.07) is 22.4. The lowest BCUT2D eigenvalue weighted by Crippen LogP contribution is -2.20. The molecule has 0 saturated heterocycles. The lowest BCUT2D eigenvalue weighted by atomic mass is 10.3. The Bertz CT molecular complexity index is 1050. The largest absolute Gasteiger partial charge is 0.484 e. The Hall–Kier alpha value is -3.32. The van der Waals surface area contributed by atoms with Crippen LogP contribution in [0, 0.1) is 0 Å². The minimum absolute atomic E-state index is 0.139. The van der Waals surface area contributed by atoms with Gasteiger partial charge in [0.2, 0.25) is 0 Å². The normalized spacial score (nSPS) is 10.9. The molecular formula is C21H19NO5S. The number of para-hydroxylation sites is 1. The molecule has 0 fully saturated rings. The van der Waals surface area contributed by atoms with Crippen LogP contribution in [0.3, 0.4) is 0 Å². The maximum absolute atomic E-state index is 12.0. The number of carbonyl (C=O) groups is 1. The van der Waals surface area contributed by atoms with Gasteiger partial charge in [-0.3, -0.25) is 4.79 Å². The van der Waals surface area contributed by atoms with Crippen molar-refractivity contribution in [2.75, 3.05) is 18.2 Å². The summed E-state index contributed by atoms with van der Waals surface area (Å²) in [5.41, 5.74) is 0.392. The molecular weight excluding hydrogens is 378 g/mol. The molecule has 0 radical (unpaired) electrons. The van der Waals surface area contributed by atoms with Gasteiger partial charge in [0.25, 0.3) is 5.91 Å². The lowest BCUT2D eigenvalue weighted by molar-refractivity contribution is -0.118. The minimum atomic E-state index is -3.34. The second kappa shape index (κ2) is 8.58. The van der Waals surface area contributed by atoms with Crippen molar-refractivity contribution in [2.45, 2.75) is 4.90 Å². The van der Waals surface area contributed by atoms with Crippen molar-refractivity contribution in [3.8, 4) is 17.2 Å². The van der Waals surface area contributed by atoms with Crippen LogP contribution in [0.15, 0.2) is 83.8 Å². The Morgan fingerprint density at radius 3 is 2.18 bits per heavy atom. The van der Waals surface area contributed by atoms with Crippen molar-refractivity contribution in [3.05, 3.63) is 78.9 Å². The van der Waals surface area contributed by atoms with Crippen molar-refractivity contribution in [2.24, 2.45) is 0 Å². The fourth-order valence-electron chi connectivity index (χ4n) is 2.38. The van der Waals surface area contributed by atoms with E-state index in [1.807, 2.05) is 30.3 Å². The van der Waals surface area contributed by atoms with Crippen LogP contribution in [0.5, 0.6) is 17.2 Å². The summed E-state index contributed by atoms with van der Waals surface area (Å²) in [4.78, 5) is 12.2. The highest BCUT2D eigenvalue weighted by molar-refractivity contribution is 7.90. The van der Waals surface area contributed by atoms with Gasteiger partial charge in [-0.05, 0) is 54.6 Å². The van der Waals surface area contributed by atoms with E-state index in [0.29, 0.717) is 17.2 Å². The van der Waals surface area contributed by atoms with Crippen molar-refractivity contribution in [3.63, 3.8) is 0 Å². The fraction of sp³-hybridized carbons (Fsp3) is 0.0952. The van der Waals surface area contributed by atoms with Crippen molar-refractivity contribution in [1.29, 1.82) is 0 Å². The van der Waals surface area contributed by atoms with Gasteiger partial charge in [-0.2, -0.15) is 0 Å². The Balaban J connectivity index is 1.53. The summed E-state index contributed by atoms with van der Waals surface area (Å²) < 4.78 is 34.3. The van der Waals surface area contributed by atoms with Crippen LogP contribution in [-0.4, -0.2) is 27.2 Å². The Labute approximate surface area is 163 Å². The zero-order chi connectivity index (χ0) is 20.0. The molecule has 3 rings (SSSR count).